The van der Waals surface area contributed by atoms with Crippen LogP contribution in [0.5, 0.6) is 5.75 Å². The second kappa shape index (κ2) is 3.57. The van der Waals surface area contributed by atoms with Crippen LogP contribution in [0.4, 0.5) is 0 Å². The van der Waals surface area contributed by atoms with Crippen molar-refractivity contribution in [1.29, 1.82) is 0 Å². The molecular formula is C12H14O4. The van der Waals surface area contributed by atoms with E-state index in [-0.39, 0.29) is 5.92 Å². The summed E-state index contributed by atoms with van der Waals surface area (Å²) in [4.78, 5) is 11.7. The molecule has 16 heavy (non-hydrogen) atoms. The normalized spacial score (nSPS) is 25.4. The molecule has 0 bridgehead atoms. The van der Waals surface area contributed by atoms with E-state index in [2.05, 4.69) is 0 Å². The molecule has 0 aromatic heterocycles. The summed E-state index contributed by atoms with van der Waals surface area (Å²) in [5.74, 6) is -0.742. The Hall–Kier alpha value is -1.39. The third-order valence-electron chi connectivity index (χ3n) is 2.87. The first kappa shape index (κ1) is 11.1. The summed E-state index contributed by atoms with van der Waals surface area (Å²) in [6.45, 7) is 3.47. The minimum Gasteiger partial charge on any atom is -0.424 e. The molecule has 1 aromatic carbocycles. The van der Waals surface area contributed by atoms with Crippen molar-refractivity contribution in [3.63, 3.8) is 0 Å². The maximum absolute atomic E-state index is 11.7. The van der Waals surface area contributed by atoms with Gasteiger partial charge in [0.25, 0.3) is 0 Å². The van der Waals surface area contributed by atoms with Gasteiger partial charge in [0.05, 0.1) is 0 Å². The number of hydrogen-bond acceptors (Lipinski definition) is 4. The number of ether oxygens (including phenoxy) is 1. The van der Waals surface area contributed by atoms with Crippen LogP contribution in [0.2, 0.25) is 0 Å². The van der Waals surface area contributed by atoms with E-state index >= 15 is 0 Å². The van der Waals surface area contributed by atoms with Crippen molar-refractivity contribution in [3.05, 3.63) is 29.8 Å². The lowest BCUT2D eigenvalue weighted by Gasteiger charge is -2.28. The van der Waals surface area contributed by atoms with E-state index in [1.807, 2.05) is 0 Å². The van der Waals surface area contributed by atoms with Crippen molar-refractivity contribution in [2.75, 3.05) is 0 Å². The number of rotatable bonds is 2. The number of carbonyl (C=O) groups excluding carboxylic acids is 1. The molecule has 0 radical (unpaired) electrons. The van der Waals surface area contributed by atoms with Crippen LogP contribution < -0.4 is 4.74 Å². The highest BCUT2D eigenvalue weighted by Gasteiger charge is 2.53. The van der Waals surface area contributed by atoms with Crippen molar-refractivity contribution in [2.24, 2.45) is 5.92 Å². The first-order valence-electron chi connectivity index (χ1n) is 5.20. The summed E-state index contributed by atoms with van der Waals surface area (Å²) < 4.78 is 4.94. The SMILES string of the molecule is CC(C)C(O)C1(O)C(=O)Oc2ccccc21. The molecule has 0 saturated heterocycles. The zero-order chi connectivity index (χ0) is 11.9. The average Bonchev–Trinajstić information content (AvgIpc) is 2.52. The van der Waals surface area contributed by atoms with E-state index in [9.17, 15) is 15.0 Å². The van der Waals surface area contributed by atoms with Crippen LogP contribution in [0.3, 0.4) is 0 Å². The van der Waals surface area contributed by atoms with Crippen molar-refractivity contribution in [1.82, 2.24) is 0 Å². The smallest absolute Gasteiger partial charge is 0.351 e. The predicted molar refractivity (Wildman–Crippen MR) is 56.8 cm³/mol. The molecule has 2 atom stereocenters. The van der Waals surface area contributed by atoms with Crippen LogP contribution >= 0.6 is 0 Å². The summed E-state index contributed by atoms with van der Waals surface area (Å²) in [5, 5.41) is 20.3. The fourth-order valence-corrected chi connectivity index (χ4v) is 1.92. The molecule has 0 saturated carbocycles. The molecule has 1 aliphatic heterocycles. The number of hydrogen-bond donors (Lipinski definition) is 2. The number of para-hydroxylation sites is 1. The van der Waals surface area contributed by atoms with Crippen LogP contribution in [-0.2, 0) is 10.4 Å². The fraction of sp³-hybridized carbons (Fsp3) is 0.417. The van der Waals surface area contributed by atoms with Crippen LogP contribution in [0.1, 0.15) is 19.4 Å². The number of carbonyl (C=O) groups is 1. The fourth-order valence-electron chi connectivity index (χ4n) is 1.92. The van der Waals surface area contributed by atoms with Gasteiger partial charge in [-0.2, -0.15) is 0 Å². The topological polar surface area (TPSA) is 66.8 Å². The first-order valence-corrected chi connectivity index (χ1v) is 5.20. The monoisotopic (exact) mass is 222 g/mol. The first-order chi connectivity index (χ1) is 7.48. The minimum atomic E-state index is -1.94. The van der Waals surface area contributed by atoms with Crippen LogP contribution in [0, 0.1) is 5.92 Å². The largest absolute Gasteiger partial charge is 0.424 e. The van der Waals surface area contributed by atoms with Gasteiger partial charge in [-0.3, -0.25) is 0 Å². The van der Waals surface area contributed by atoms with Crippen LogP contribution in [0.25, 0.3) is 0 Å². The second-order valence-electron chi connectivity index (χ2n) is 4.34. The molecule has 2 rings (SSSR count). The summed E-state index contributed by atoms with van der Waals surface area (Å²) in [6.07, 6.45) is -1.18. The van der Waals surface area contributed by atoms with Gasteiger partial charge in [0.1, 0.15) is 11.9 Å². The molecule has 1 aliphatic rings. The van der Waals surface area contributed by atoms with Gasteiger partial charge < -0.3 is 14.9 Å². The maximum atomic E-state index is 11.7. The standard InChI is InChI=1S/C12H14O4/c1-7(2)10(13)12(15)8-5-3-4-6-9(8)16-11(12)14/h3-7,10,13,15H,1-2H3. The van der Waals surface area contributed by atoms with Gasteiger partial charge in [0.2, 0.25) is 5.60 Å². The van der Waals surface area contributed by atoms with E-state index < -0.39 is 17.7 Å². The molecule has 2 N–H and O–H groups in total. The van der Waals surface area contributed by atoms with Gasteiger partial charge in [-0.15, -0.1) is 0 Å². The minimum absolute atomic E-state index is 0.247. The van der Waals surface area contributed by atoms with Crippen molar-refractivity contribution < 1.29 is 19.7 Å². The number of aliphatic hydroxyl groups is 2. The number of aliphatic hydroxyl groups excluding tert-OH is 1. The van der Waals surface area contributed by atoms with Gasteiger partial charge in [-0.25, -0.2) is 4.79 Å². The van der Waals surface area contributed by atoms with E-state index in [0.29, 0.717) is 11.3 Å². The quantitative estimate of drug-likeness (QED) is 0.574. The lowest BCUT2D eigenvalue weighted by atomic mass is 9.84. The molecule has 2 unspecified atom stereocenters. The Kier molecular flexibility index (Phi) is 2.48. The summed E-state index contributed by atoms with van der Waals surface area (Å²) >= 11 is 0. The lowest BCUT2D eigenvalue weighted by molar-refractivity contribution is -0.168. The Balaban J connectivity index is 2.52. The summed E-state index contributed by atoms with van der Waals surface area (Å²) in [5.41, 5.74) is -1.61. The van der Waals surface area contributed by atoms with Crippen molar-refractivity contribution >= 4 is 5.97 Å². The molecular weight excluding hydrogens is 208 g/mol. The van der Waals surface area contributed by atoms with Gasteiger partial charge in [-0.05, 0) is 12.0 Å². The maximum Gasteiger partial charge on any atom is 0.351 e. The van der Waals surface area contributed by atoms with Gasteiger partial charge in [0, 0.05) is 5.56 Å². The Labute approximate surface area is 93.5 Å². The highest BCUT2D eigenvalue weighted by atomic mass is 16.6. The Morgan fingerprint density at radius 2 is 1.94 bits per heavy atom. The third kappa shape index (κ3) is 1.34. The number of benzene rings is 1. The predicted octanol–water partition coefficient (Wildman–Crippen LogP) is 0.810. The Bertz CT molecular complexity index is 427. The molecule has 1 aromatic rings. The van der Waals surface area contributed by atoms with Crippen LogP contribution in [-0.4, -0.2) is 22.3 Å². The highest BCUT2D eigenvalue weighted by Crippen LogP contribution is 2.41. The molecule has 1 heterocycles. The van der Waals surface area contributed by atoms with Crippen molar-refractivity contribution in [3.8, 4) is 5.75 Å². The Morgan fingerprint density at radius 3 is 2.56 bits per heavy atom. The molecule has 0 aliphatic carbocycles. The van der Waals surface area contributed by atoms with Gasteiger partial charge in [0.15, 0.2) is 0 Å². The van der Waals surface area contributed by atoms with Crippen molar-refractivity contribution in [2.45, 2.75) is 25.6 Å². The molecule has 4 nitrogen and oxygen atoms in total. The van der Waals surface area contributed by atoms with Crippen LogP contribution in [0.15, 0.2) is 24.3 Å². The molecule has 4 heteroatoms. The molecule has 0 spiro atoms. The molecule has 0 amide bonds. The zero-order valence-electron chi connectivity index (χ0n) is 9.18. The third-order valence-corrected chi connectivity index (χ3v) is 2.87. The highest BCUT2D eigenvalue weighted by molar-refractivity contribution is 5.89. The Morgan fingerprint density at radius 1 is 1.31 bits per heavy atom. The number of fused-ring (bicyclic) bond motifs is 1. The average molecular weight is 222 g/mol. The summed E-state index contributed by atoms with van der Waals surface area (Å²) in [7, 11) is 0. The van der Waals surface area contributed by atoms with Gasteiger partial charge >= 0.3 is 5.97 Å². The van der Waals surface area contributed by atoms with Gasteiger partial charge in [-0.1, -0.05) is 32.0 Å². The van der Waals surface area contributed by atoms with E-state index in [1.54, 1.807) is 38.1 Å². The van der Waals surface area contributed by atoms with E-state index in [0.717, 1.165) is 0 Å². The number of esters is 1. The van der Waals surface area contributed by atoms with E-state index in [4.69, 9.17) is 4.74 Å². The zero-order valence-corrected chi connectivity index (χ0v) is 9.18. The second-order valence-corrected chi connectivity index (χ2v) is 4.34. The summed E-state index contributed by atoms with van der Waals surface area (Å²) in [6, 6.07) is 6.59. The molecule has 0 fully saturated rings. The van der Waals surface area contributed by atoms with E-state index in [1.165, 1.54) is 0 Å². The lowest BCUT2D eigenvalue weighted by Crippen LogP contribution is -2.47. The molecule has 86 valence electrons.